The number of imidazole rings is 1. The molecule has 7 nitrogen and oxygen atoms in total. The molecule has 4 aliphatic carbocycles. The zero-order valence-corrected chi connectivity index (χ0v) is 15.0. The Balaban J connectivity index is 1.42. The number of nitrogens with zero attached hydrogens (tertiary/aromatic N) is 3. The summed E-state index contributed by atoms with van der Waals surface area (Å²) in [6.45, 7) is 0. The quantitative estimate of drug-likeness (QED) is 0.662. The van der Waals surface area contributed by atoms with Crippen LogP contribution in [0.4, 0.5) is 5.69 Å². The monoisotopic (exact) mass is 366 g/mol. The highest BCUT2D eigenvalue weighted by Crippen LogP contribution is 2.55. The second kappa shape index (κ2) is 5.90. The molecule has 4 aliphatic rings. The van der Waals surface area contributed by atoms with Crippen LogP contribution in [-0.2, 0) is 0 Å². The SMILES string of the molecule is O=C(NC12CC3CC(CC(C3)C1)C2)c1ccc(-n2ccnc2)c([N+](=O)[O-])c1. The number of nitro benzene ring substituents is 1. The van der Waals surface area contributed by atoms with Crippen LogP contribution in [0.1, 0.15) is 48.9 Å². The van der Waals surface area contributed by atoms with E-state index in [1.165, 1.54) is 31.7 Å². The van der Waals surface area contributed by atoms with Gasteiger partial charge in [-0.05, 0) is 68.4 Å². The minimum Gasteiger partial charge on any atom is -0.347 e. The van der Waals surface area contributed by atoms with Crippen LogP contribution in [0.5, 0.6) is 0 Å². The molecule has 0 radical (unpaired) electrons. The van der Waals surface area contributed by atoms with Crippen molar-refractivity contribution in [3.63, 3.8) is 0 Å². The van der Waals surface area contributed by atoms with Gasteiger partial charge in [0.1, 0.15) is 5.69 Å². The summed E-state index contributed by atoms with van der Waals surface area (Å²) < 4.78 is 1.58. The van der Waals surface area contributed by atoms with Gasteiger partial charge in [0.25, 0.3) is 11.6 Å². The van der Waals surface area contributed by atoms with E-state index in [0.717, 1.165) is 37.0 Å². The predicted molar refractivity (Wildman–Crippen MR) is 98.6 cm³/mol. The Kier molecular flexibility index (Phi) is 3.60. The molecule has 1 aromatic heterocycles. The molecule has 6 rings (SSSR count). The maximum Gasteiger partial charge on any atom is 0.294 e. The minimum absolute atomic E-state index is 0.0915. The molecule has 0 aliphatic heterocycles. The van der Waals surface area contributed by atoms with Crippen LogP contribution in [0.3, 0.4) is 0 Å². The number of benzene rings is 1. The number of aromatic nitrogens is 2. The molecule has 1 amide bonds. The maximum atomic E-state index is 12.9. The maximum absolute atomic E-state index is 12.9. The molecule has 0 spiro atoms. The van der Waals surface area contributed by atoms with Crippen LogP contribution in [0.25, 0.3) is 5.69 Å². The van der Waals surface area contributed by atoms with E-state index in [9.17, 15) is 14.9 Å². The van der Waals surface area contributed by atoms with Crippen molar-refractivity contribution in [3.05, 3.63) is 52.6 Å². The molecule has 7 heteroatoms. The fourth-order valence-corrected chi connectivity index (χ4v) is 6.01. The van der Waals surface area contributed by atoms with Crippen LogP contribution < -0.4 is 5.32 Å². The molecule has 1 heterocycles. The fourth-order valence-electron chi connectivity index (χ4n) is 6.01. The smallest absolute Gasteiger partial charge is 0.294 e. The second-order valence-electron chi connectivity index (χ2n) is 8.58. The third kappa shape index (κ3) is 2.81. The highest BCUT2D eigenvalue weighted by Gasteiger charge is 2.51. The molecule has 140 valence electrons. The molecule has 4 bridgehead atoms. The molecule has 2 aromatic rings. The zero-order valence-electron chi connectivity index (χ0n) is 15.0. The normalized spacial score (nSPS) is 31.0. The first-order chi connectivity index (χ1) is 13.0. The Morgan fingerprint density at radius 3 is 2.41 bits per heavy atom. The van der Waals surface area contributed by atoms with Crippen molar-refractivity contribution in [1.29, 1.82) is 0 Å². The van der Waals surface area contributed by atoms with E-state index >= 15 is 0 Å². The van der Waals surface area contributed by atoms with Gasteiger partial charge >= 0.3 is 0 Å². The first-order valence-electron chi connectivity index (χ1n) is 9.61. The van der Waals surface area contributed by atoms with E-state index in [1.807, 2.05) is 0 Å². The average molecular weight is 366 g/mol. The van der Waals surface area contributed by atoms with Crippen LogP contribution in [0, 0.1) is 27.9 Å². The van der Waals surface area contributed by atoms with Crippen molar-refractivity contribution in [2.45, 2.75) is 44.1 Å². The average Bonchev–Trinajstić information content (AvgIpc) is 3.14. The fraction of sp³-hybridized carbons (Fsp3) is 0.500. The van der Waals surface area contributed by atoms with Gasteiger partial charge in [-0.1, -0.05) is 0 Å². The summed E-state index contributed by atoms with van der Waals surface area (Å²) in [5.41, 5.74) is 0.556. The van der Waals surface area contributed by atoms with Gasteiger partial charge in [0, 0.05) is 29.6 Å². The van der Waals surface area contributed by atoms with Crippen molar-refractivity contribution in [2.24, 2.45) is 17.8 Å². The van der Waals surface area contributed by atoms with Crippen LogP contribution in [0.15, 0.2) is 36.9 Å². The lowest BCUT2D eigenvalue weighted by atomic mass is 9.53. The van der Waals surface area contributed by atoms with E-state index < -0.39 is 4.92 Å². The van der Waals surface area contributed by atoms with Gasteiger partial charge < -0.3 is 9.88 Å². The van der Waals surface area contributed by atoms with Gasteiger partial charge in [-0.3, -0.25) is 14.9 Å². The molecule has 4 fully saturated rings. The lowest BCUT2D eigenvalue weighted by molar-refractivity contribution is -0.384. The van der Waals surface area contributed by atoms with E-state index in [-0.39, 0.29) is 17.1 Å². The third-order valence-corrected chi connectivity index (χ3v) is 6.63. The number of hydrogen-bond acceptors (Lipinski definition) is 4. The minimum atomic E-state index is -0.448. The molecule has 1 aromatic carbocycles. The molecule has 4 saturated carbocycles. The molecule has 0 atom stereocenters. The van der Waals surface area contributed by atoms with E-state index in [1.54, 1.807) is 29.1 Å². The summed E-state index contributed by atoms with van der Waals surface area (Å²) in [5.74, 6) is 2.00. The lowest BCUT2D eigenvalue weighted by Crippen LogP contribution is -2.59. The summed E-state index contributed by atoms with van der Waals surface area (Å²) in [7, 11) is 0. The number of hydrogen-bond donors (Lipinski definition) is 1. The van der Waals surface area contributed by atoms with Crippen molar-refractivity contribution in [2.75, 3.05) is 0 Å². The second-order valence-corrected chi connectivity index (χ2v) is 8.58. The number of nitrogens with one attached hydrogen (secondary N) is 1. The van der Waals surface area contributed by atoms with Crippen molar-refractivity contribution in [3.8, 4) is 5.69 Å². The number of amides is 1. The summed E-state index contributed by atoms with van der Waals surface area (Å²) in [6, 6.07) is 4.66. The Morgan fingerprint density at radius 2 is 1.85 bits per heavy atom. The van der Waals surface area contributed by atoms with Gasteiger partial charge in [0.15, 0.2) is 0 Å². The number of carbonyl (C=O) groups is 1. The lowest BCUT2D eigenvalue weighted by Gasteiger charge is -2.56. The topological polar surface area (TPSA) is 90.1 Å². The van der Waals surface area contributed by atoms with Gasteiger partial charge in [-0.25, -0.2) is 4.98 Å². The summed E-state index contributed by atoms with van der Waals surface area (Å²) in [4.78, 5) is 28.0. The molecular weight excluding hydrogens is 344 g/mol. The summed E-state index contributed by atoms with van der Waals surface area (Å²) >= 11 is 0. The first-order valence-corrected chi connectivity index (χ1v) is 9.61. The molecular formula is C20H22N4O3. The largest absolute Gasteiger partial charge is 0.347 e. The molecule has 1 N–H and O–H groups in total. The number of carbonyl (C=O) groups excluding carboxylic acids is 1. The molecule has 0 saturated heterocycles. The Bertz CT molecular complexity index is 871. The highest BCUT2D eigenvalue weighted by atomic mass is 16.6. The molecule has 0 unspecified atom stereocenters. The van der Waals surface area contributed by atoms with Gasteiger partial charge in [0.2, 0.25) is 0 Å². The van der Waals surface area contributed by atoms with Crippen molar-refractivity contribution >= 4 is 11.6 Å². The van der Waals surface area contributed by atoms with Crippen LogP contribution in [0.2, 0.25) is 0 Å². The Labute approximate surface area is 156 Å². The Morgan fingerprint density at radius 1 is 1.19 bits per heavy atom. The third-order valence-electron chi connectivity index (χ3n) is 6.63. The standard InChI is InChI=1S/C20H22N4O3/c25-19(22-20-9-13-5-14(10-20)7-15(6-13)11-20)16-1-2-17(18(8-16)24(26)27)23-4-3-21-12-23/h1-4,8,12-15H,5-7,9-11H2,(H,22,25). The highest BCUT2D eigenvalue weighted by molar-refractivity contribution is 5.96. The predicted octanol–water partition coefficient (Wildman–Crippen LogP) is 3.48. The van der Waals surface area contributed by atoms with E-state index in [2.05, 4.69) is 10.3 Å². The summed E-state index contributed by atoms with van der Waals surface area (Å²) in [6.07, 6.45) is 11.8. The van der Waals surface area contributed by atoms with E-state index in [4.69, 9.17) is 0 Å². The summed E-state index contributed by atoms with van der Waals surface area (Å²) in [5, 5.41) is 14.8. The number of nitro groups is 1. The zero-order chi connectivity index (χ0) is 18.6. The first kappa shape index (κ1) is 16.5. The number of rotatable bonds is 4. The van der Waals surface area contributed by atoms with Crippen molar-refractivity contribution in [1.82, 2.24) is 14.9 Å². The van der Waals surface area contributed by atoms with E-state index in [0.29, 0.717) is 11.3 Å². The van der Waals surface area contributed by atoms with Crippen LogP contribution >= 0.6 is 0 Å². The molecule has 27 heavy (non-hydrogen) atoms. The van der Waals surface area contributed by atoms with Crippen molar-refractivity contribution < 1.29 is 9.72 Å². The van der Waals surface area contributed by atoms with Gasteiger partial charge in [-0.15, -0.1) is 0 Å². The van der Waals surface area contributed by atoms with Gasteiger partial charge in [0.05, 0.1) is 11.3 Å². The Hall–Kier alpha value is -2.70. The van der Waals surface area contributed by atoms with Gasteiger partial charge in [-0.2, -0.15) is 0 Å². The van der Waals surface area contributed by atoms with Crippen LogP contribution in [-0.4, -0.2) is 25.9 Å².